The van der Waals surface area contributed by atoms with Gasteiger partial charge in [0.25, 0.3) is 0 Å². The second kappa shape index (κ2) is 8.03. The largest absolute Gasteiger partial charge is 0.448 e. The number of carbonyl (C=O) groups excluding carboxylic acids is 2. The van der Waals surface area contributed by atoms with Crippen molar-refractivity contribution < 1.29 is 14.1 Å². The maximum atomic E-state index is 12.5. The molecule has 0 amide bonds. The summed E-state index contributed by atoms with van der Waals surface area (Å²) in [6, 6.07) is 17.5. The van der Waals surface area contributed by atoms with Gasteiger partial charge >= 0.3 is 5.97 Å². The first kappa shape index (κ1) is 17.4. The van der Waals surface area contributed by atoms with Crippen molar-refractivity contribution in [2.45, 2.75) is 13.8 Å². The minimum absolute atomic E-state index is 0.0338. The molecule has 0 spiro atoms. The Hall–Kier alpha value is -1.99. The van der Waals surface area contributed by atoms with Gasteiger partial charge in [0.15, 0.2) is 5.78 Å². The van der Waals surface area contributed by atoms with Gasteiger partial charge in [0.1, 0.15) is 0 Å². The Morgan fingerprint density at radius 3 is 2.00 bits per heavy atom. The summed E-state index contributed by atoms with van der Waals surface area (Å²) in [7, 11) is 0.105. The smallest absolute Gasteiger partial charge is 0.311 e. The van der Waals surface area contributed by atoms with Gasteiger partial charge < -0.3 is 4.52 Å². The van der Waals surface area contributed by atoms with E-state index in [1.165, 1.54) is 0 Å². The molecular formula is C19H21O3P. The Bertz CT molecular complexity index is 665. The maximum Gasteiger partial charge on any atom is 0.311 e. The second-order valence-electron chi connectivity index (χ2n) is 5.51. The fraction of sp³-hybridized carbons (Fsp3) is 0.263. The Balaban J connectivity index is 2.12. The molecule has 0 saturated heterocycles. The Kier molecular flexibility index (Phi) is 6.06. The summed E-state index contributed by atoms with van der Waals surface area (Å²) >= 11 is 0. The third-order valence-electron chi connectivity index (χ3n) is 4.01. The van der Waals surface area contributed by atoms with Crippen molar-refractivity contribution in [2.24, 2.45) is 11.8 Å². The fourth-order valence-corrected chi connectivity index (χ4v) is 2.73. The minimum Gasteiger partial charge on any atom is -0.448 e. The molecule has 0 aliphatic rings. The molecule has 2 aromatic carbocycles. The number of rotatable bonds is 6. The summed E-state index contributed by atoms with van der Waals surface area (Å²) in [4.78, 5) is 24.3. The molecule has 0 fully saturated rings. The van der Waals surface area contributed by atoms with Gasteiger partial charge in [-0.2, -0.15) is 0 Å². The average Bonchev–Trinajstić information content (AvgIpc) is 2.61. The highest BCUT2D eigenvalue weighted by Crippen LogP contribution is 2.24. The van der Waals surface area contributed by atoms with Crippen LogP contribution in [-0.4, -0.2) is 18.4 Å². The highest BCUT2D eigenvalue weighted by Gasteiger charge is 2.27. The highest BCUT2D eigenvalue weighted by molar-refractivity contribution is 7.31. The van der Waals surface area contributed by atoms with Gasteiger partial charge in [-0.25, -0.2) is 0 Å². The van der Waals surface area contributed by atoms with Gasteiger partial charge in [-0.1, -0.05) is 68.4 Å². The first-order valence-electron chi connectivity index (χ1n) is 7.61. The summed E-state index contributed by atoms with van der Waals surface area (Å²) < 4.78 is 5.02. The van der Waals surface area contributed by atoms with E-state index in [0.717, 1.165) is 11.1 Å². The summed E-state index contributed by atoms with van der Waals surface area (Å²) in [5, 5.41) is 0. The zero-order valence-corrected chi connectivity index (χ0v) is 14.6. The van der Waals surface area contributed by atoms with Crippen LogP contribution in [0.3, 0.4) is 0 Å². The summed E-state index contributed by atoms with van der Waals surface area (Å²) in [5.41, 5.74) is 2.80. The van der Waals surface area contributed by atoms with Gasteiger partial charge in [-0.05, 0) is 17.8 Å². The maximum absolute atomic E-state index is 12.5. The van der Waals surface area contributed by atoms with Gasteiger partial charge in [0.2, 0.25) is 0 Å². The lowest BCUT2D eigenvalue weighted by atomic mass is 9.88. The lowest BCUT2D eigenvalue weighted by molar-refractivity contribution is -0.138. The third kappa shape index (κ3) is 4.27. The van der Waals surface area contributed by atoms with Crippen molar-refractivity contribution in [3.05, 3.63) is 60.2 Å². The zero-order valence-electron chi connectivity index (χ0n) is 13.6. The quantitative estimate of drug-likeness (QED) is 0.576. The standard InChI is InChI=1S/C19H21O3P/c1-13(14(2)19(21)22-23-3)18(20)17-11-9-16(10-12-17)15-7-5-4-6-8-15/h4-14,23H,1-3H3. The summed E-state index contributed by atoms with van der Waals surface area (Å²) in [6.07, 6.45) is 0. The van der Waals surface area contributed by atoms with Crippen LogP contribution in [0.5, 0.6) is 0 Å². The molecule has 0 aliphatic heterocycles. The van der Waals surface area contributed by atoms with Crippen LogP contribution in [-0.2, 0) is 9.32 Å². The van der Waals surface area contributed by atoms with E-state index in [-0.39, 0.29) is 20.6 Å². The van der Waals surface area contributed by atoms with Crippen LogP contribution in [0, 0.1) is 11.8 Å². The first-order valence-corrected chi connectivity index (χ1v) is 9.02. The van der Waals surface area contributed by atoms with E-state index in [4.69, 9.17) is 4.52 Å². The van der Waals surface area contributed by atoms with Crippen molar-refractivity contribution >= 4 is 20.6 Å². The number of benzene rings is 2. The molecule has 3 unspecified atom stereocenters. The molecule has 4 heteroatoms. The zero-order chi connectivity index (χ0) is 16.8. The molecule has 0 N–H and O–H groups in total. The van der Waals surface area contributed by atoms with E-state index >= 15 is 0 Å². The van der Waals surface area contributed by atoms with E-state index < -0.39 is 11.8 Å². The van der Waals surface area contributed by atoms with Crippen LogP contribution in [0.1, 0.15) is 24.2 Å². The van der Waals surface area contributed by atoms with E-state index in [9.17, 15) is 9.59 Å². The van der Waals surface area contributed by atoms with Gasteiger partial charge in [-0.15, -0.1) is 0 Å². The van der Waals surface area contributed by atoms with Crippen molar-refractivity contribution in [1.29, 1.82) is 0 Å². The molecule has 2 aromatic rings. The summed E-state index contributed by atoms with van der Waals surface area (Å²) in [6.45, 7) is 5.31. The number of hydrogen-bond acceptors (Lipinski definition) is 3. The monoisotopic (exact) mass is 328 g/mol. The lowest BCUT2D eigenvalue weighted by Gasteiger charge is -2.17. The second-order valence-corrected chi connectivity index (χ2v) is 6.12. The van der Waals surface area contributed by atoms with E-state index in [1.807, 2.05) is 54.6 Å². The number of ketones is 1. The Morgan fingerprint density at radius 2 is 1.43 bits per heavy atom. The van der Waals surface area contributed by atoms with Crippen molar-refractivity contribution in [1.82, 2.24) is 0 Å². The third-order valence-corrected chi connectivity index (χ3v) is 4.42. The SMILES string of the molecule is CPOC(=O)C(C)C(C)C(=O)c1ccc(-c2ccccc2)cc1. The first-order chi connectivity index (χ1) is 11.0. The lowest BCUT2D eigenvalue weighted by Crippen LogP contribution is -2.26. The predicted octanol–water partition coefficient (Wildman–Crippen LogP) is 4.58. The normalized spacial score (nSPS) is 13.7. The van der Waals surface area contributed by atoms with Crippen LogP contribution in [0.2, 0.25) is 0 Å². The van der Waals surface area contributed by atoms with Gasteiger partial charge in [0.05, 0.1) is 14.7 Å². The van der Waals surface area contributed by atoms with E-state index in [1.54, 1.807) is 20.5 Å². The van der Waals surface area contributed by atoms with Crippen LogP contribution < -0.4 is 0 Å². The van der Waals surface area contributed by atoms with Crippen molar-refractivity contribution in [3.63, 3.8) is 0 Å². The number of Topliss-reactive ketones (excluding diaryl/α,β-unsaturated/α-hetero) is 1. The molecule has 0 heterocycles. The minimum atomic E-state index is -0.441. The van der Waals surface area contributed by atoms with E-state index in [2.05, 4.69) is 0 Å². The Labute approximate surface area is 138 Å². The molecular weight excluding hydrogens is 307 g/mol. The van der Waals surface area contributed by atoms with Crippen molar-refractivity contribution in [3.8, 4) is 11.1 Å². The van der Waals surface area contributed by atoms with Crippen LogP contribution in [0.15, 0.2) is 54.6 Å². The number of carbonyl (C=O) groups is 2. The van der Waals surface area contributed by atoms with Crippen LogP contribution >= 0.6 is 8.81 Å². The highest BCUT2D eigenvalue weighted by atomic mass is 31.1. The Morgan fingerprint density at radius 1 is 0.870 bits per heavy atom. The van der Waals surface area contributed by atoms with Gasteiger partial charge in [0, 0.05) is 11.5 Å². The predicted molar refractivity (Wildman–Crippen MR) is 94.9 cm³/mol. The average molecular weight is 328 g/mol. The molecule has 0 saturated carbocycles. The van der Waals surface area contributed by atoms with Gasteiger partial charge in [-0.3, -0.25) is 9.59 Å². The molecule has 2 rings (SSSR count). The van der Waals surface area contributed by atoms with Crippen LogP contribution in [0.25, 0.3) is 11.1 Å². The molecule has 0 bridgehead atoms. The molecule has 120 valence electrons. The molecule has 3 atom stereocenters. The van der Waals surface area contributed by atoms with Crippen LogP contribution in [0.4, 0.5) is 0 Å². The topological polar surface area (TPSA) is 43.4 Å². The molecule has 3 nitrogen and oxygen atoms in total. The molecule has 0 aromatic heterocycles. The summed E-state index contributed by atoms with van der Waals surface area (Å²) in [5.74, 6) is -1.19. The molecule has 0 radical (unpaired) electrons. The molecule has 0 aliphatic carbocycles. The molecule has 23 heavy (non-hydrogen) atoms. The van der Waals surface area contributed by atoms with Crippen molar-refractivity contribution in [2.75, 3.05) is 6.66 Å². The van der Waals surface area contributed by atoms with E-state index in [0.29, 0.717) is 5.56 Å². The fourth-order valence-electron chi connectivity index (χ4n) is 2.35. The number of hydrogen-bond donors (Lipinski definition) is 0.